The third-order valence-corrected chi connectivity index (χ3v) is 9.04. The van der Waals surface area contributed by atoms with Crippen LogP contribution in [-0.4, -0.2) is 19.0 Å². The molecule has 1 aromatic rings. The molecule has 0 heterocycles. The van der Waals surface area contributed by atoms with Crippen LogP contribution in [0.1, 0.15) is 111 Å². The van der Waals surface area contributed by atoms with E-state index in [0.717, 1.165) is 61.0 Å². The van der Waals surface area contributed by atoms with Gasteiger partial charge >= 0.3 is 0 Å². The van der Waals surface area contributed by atoms with Gasteiger partial charge in [-0.1, -0.05) is 105 Å². The molecule has 0 bridgehead atoms. The molecule has 0 radical (unpaired) electrons. The molecule has 0 aromatic heterocycles. The second kappa shape index (κ2) is 21.8. The Hall–Kier alpha value is -2.77. The van der Waals surface area contributed by atoms with E-state index >= 15 is 0 Å². The largest absolute Gasteiger partial charge is 0.295 e. The first kappa shape index (κ1) is 38.3. The summed E-state index contributed by atoms with van der Waals surface area (Å²) in [4.78, 5) is 9.14. The van der Waals surface area contributed by atoms with E-state index in [2.05, 4.69) is 104 Å². The molecule has 0 saturated heterocycles. The summed E-state index contributed by atoms with van der Waals surface area (Å²) in [7, 11) is 1.78. The SMILES string of the molecule is C=C/C=C\C(=C/C)CC.CCCC(CCCC1CCC(C#N)(c2ccccc2)CC1)C(C=C(C)C)=N/C(C)=C(\Br)C=NC. The lowest BCUT2D eigenvalue weighted by Gasteiger charge is -2.35. The first-order chi connectivity index (χ1) is 20.7. The number of hydrogen-bond acceptors (Lipinski definition) is 3. The Labute approximate surface area is 272 Å². The fraction of sp³-hybridized carbons (Fsp3) is 0.513. The van der Waals surface area contributed by atoms with E-state index in [0.29, 0.717) is 5.92 Å². The summed E-state index contributed by atoms with van der Waals surface area (Å²) < 4.78 is 0.937. The Morgan fingerprint density at radius 1 is 1.14 bits per heavy atom. The molecule has 0 spiro atoms. The summed E-state index contributed by atoms with van der Waals surface area (Å²) in [6.45, 7) is 16.4. The fourth-order valence-electron chi connectivity index (χ4n) is 5.72. The van der Waals surface area contributed by atoms with Crippen molar-refractivity contribution in [2.45, 2.75) is 111 Å². The Balaban J connectivity index is 0.000000887. The van der Waals surface area contributed by atoms with Gasteiger partial charge in [0, 0.05) is 24.9 Å². The van der Waals surface area contributed by atoms with Crippen molar-refractivity contribution < 1.29 is 0 Å². The van der Waals surface area contributed by atoms with Crippen LogP contribution in [0.5, 0.6) is 0 Å². The van der Waals surface area contributed by atoms with Crippen LogP contribution in [0.4, 0.5) is 0 Å². The molecule has 234 valence electrons. The maximum Gasteiger partial charge on any atom is 0.0822 e. The van der Waals surface area contributed by atoms with Gasteiger partial charge in [-0.25, -0.2) is 0 Å². The number of nitriles is 1. The zero-order valence-corrected chi connectivity index (χ0v) is 29.6. The van der Waals surface area contributed by atoms with Gasteiger partial charge in [-0.15, -0.1) is 0 Å². The van der Waals surface area contributed by atoms with Crippen molar-refractivity contribution in [1.82, 2.24) is 0 Å². The van der Waals surface area contributed by atoms with Gasteiger partial charge < -0.3 is 0 Å². The van der Waals surface area contributed by atoms with Gasteiger partial charge in [0.05, 0.1) is 21.7 Å². The molecule has 1 aliphatic carbocycles. The second-order valence-electron chi connectivity index (χ2n) is 11.8. The highest BCUT2D eigenvalue weighted by Gasteiger charge is 2.36. The molecule has 43 heavy (non-hydrogen) atoms. The van der Waals surface area contributed by atoms with Gasteiger partial charge in [0.2, 0.25) is 0 Å². The summed E-state index contributed by atoms with van der Waals surface area (Å²) >= 11 is 3.60. The van der Waals surface area contributed by atoms with Crippen molar-refractivity contribution in [2.24, 2.45) is 21.8 Å². The molecular formula is C39H56BrN3. The molecule has 1 fully saturated rings. The third kappa shape index (κ3) is 14.0. The summed E-state index contributed by atoms with van der Waals surface area (Å²) in [5.74, 6) is 1.20. The number of halogens is 1. The lowest BCUT2D eigenvalue weighted by Crippen LogP contribution is -2.30. The van der Waals surface area contributed by atoms with Crippen molar-refractivity contribution in [1.29, 1.82) is 5.26 Å². The molecule has 1 saturated carbocycles. The number of allylic oxidation sites excluding steroid dienone is 9. The van der Waals surface area contributed by atoms with Crippen LogP contribution in [0.3, 0.4) is 0 Å². The fourth-order valence-corrected chi connectivity index (χ4v) is 6.02. The van der Waals surface area contributed by atoms with Crippen LogP contribution >= 0.6 is 15.9 Å². The summed E-state index contributed by atoms with van der Waals surface area (Å²) in [5, 5.41) is 9.98. The average Bonchev–Trinajstić information content (AvgIpc) is 3.02. The van der Waals surface area contributed by atoms with Gasteiger partial charge in [0.15, 0.2) is 0 Å². The maximum atomic E-state index is 9.98. The highest BCUT2D eigenvalue weighted by molar-refractivity contribution is 9.12. The van der Waals surface area contributed by atoms with Crippen molar-refractivity contribution in [3.05, 3.63) is 94.2 Å². The number of hydrogen-bond donors (Lipinski definition) is 0. The lowest BCUT2D eigenvalue weighted by molar-refractivity contribution is 0.259. The van der Waals surface area contributed by atoms with Crippen LogP contribution in [-0.2, 0) is 5.41 Å². The minimum atomic E-state index is -0.287. The van der Waals surface area contributed by atoms with Crippen LogP contribution < -0.4 is 0 Å². The van der Waals surface area contributed by atoms with E-state index in [1.54, 1.807) is 13.1 Å². The summed E-state index contributed by atoms with van der Waals surface area (Å²) in [5.41, 5.74) is 5.72. The monoisotopic (exact) mass is 645 g/mol. The van der Waals surface area contributed by atoms with Crippen LogP contribution in [0.2, 0.25) is 0 Å². The van der Waals surface area contributed by atoms with Gasteiger partial charge in [-0.05, 0) is 106 Å². The lowest BCUT2D eigenvalue weighted by atomic mass is 9.67. The first-order valence-corrected chi connectivity index (χ1v) is 16.9. The van der Waals surface area contributed by atoms with Crippen molar-refractivity contribution in [3.63, 3.8) is 0 Å². The Morgan fingerprint density at radius 3 is 2.33 bits per heavy atom. The first-order valence-electron chi connectivity index (χ1n) is 16.1. The summed E-state index contributed by atoms with van der Waals surface area (Å²) in [6.07, 6.45) is 23.3. The molecule has 0 amide bonds. The Kier molecular flexibility index (Phi) is 19.4. The number of rotatable bonds is 14. The van der Waals surface area contributed by atoms with Crippen molar-refractivity contribution >= 4 is 27.9 Å². The van der Waals surface area contributed by atoms with Crippen molar-refractivity contribution in [2.75, 3.05) is 7.05 Å². The highest BCUT2D eigenvalue weighted by Crippen LogP contribution is 2.42. The molecule has 2 rings (SSSR count). The predicted molar refractivity (Wildman–Crippen MR) is 194 cm³/mol. The highest BCUT2D eigenvalue weighted by atomic mass is 79.9. The Bertz CT molecular complexity index is 1180. The smallest absolute Gasteiger partial charge is 0.0822 e. The maximum absolute atomic E-state index is 9.98. The molecular weight excluding hydrogens is 590 g/mol. The molecule has 1 unspecified atom stereocenters. The van der Waals surface area contributed by atoms with E-state index in [1.807, 2.05) is 32.2 Å². The standard InChI is InChI=1S/C30H42BrN3.C9H14/c1-6-11-26(29(20-23(2)3)34-24(4)28(31)21-33-5)13-10-12-25-16-18-30(22-32,19-17-25)27-14-8-7-9-15-27;1-4-7-8-9(5-2)6-3/h7-9,14-15,20-21,25-26H,6,10-13,16-19H2,1-5H3;4-5,7-8H,1,6H2,2-3H3/b28-24-,33-21?,34-29?;8-7-,9-5-. The molecule has 4 heteroatoms. The van der Waals surface area contributed by atoms with Gasteiger partial charge in [0.1, 0.15) is 0 Å². The van der Waals surface area contributed by atoms with Crippen LogP contribution in [0.25, 0.3) is 0 Å². The normalized spacial score (nSPS) is 20.6. The third-order valence-electron chi connectivity index (χ3n) is 8.27. The average molecular weight is 647 g/mol. The second-order valence-corrected chi connectivity index (χ2v) is 12.7. The van der Waals surface area contributed by atoms with Crippen LogP contribution in [0, 0.1) is 23.2 Å². The molecule has 3 nitrogen and oxygen atoms in total. The molecule has 0 aliphatic heterocycles. The van der Waals surface area contributed by atoms with E-state index in [-0.39, 0.29) is 5.41 Å². The van der Waals surface area contributed by atoms with Crippen LogP contribution in [0.15, 0.2) is 98.6 Å². The zero-order valence-electron chi connectivity index (χ0n) is 28.0. The van der Waals surface area contributed by atoms with Crippen molar-refractivity contribution in [3.8, 4) is 6.07 Å². The van der Waals surface area contributed by atoms with Gasteiger partial charge in [-0.3, -0.25) is 9.98 Å². The van der Waals surface area contributed by atoms with E-state index in [1.165, 1.54) is 41.7 Å². The predicted octanol–water partition coefficient (Wildman–Crippen LogP) is 12.0. The number of benzene rings is 1. The Morgan fingerprint density at radius 2 is 1.81 bits per heavy atom. The van der Waals surface area contributed by atoms with Gasteiger partial charge in [-0.2, -0.15) is 5.26 Å². The number of aliphatic imine (C=N–C) groups is 2. The zero-order chi connectivity index (χ0) is 32.1. The topological polar surface area (TPSA) is 48.5 Å². The van der Waals surface area contributed by atoms with E-state index in [9.17, 15) is 5.26 Å². The molecule has 1 atom stereocenters. The molecule has 1 aliphatic rings. The molecule has 1 aromatic carbocycles. The quantitative estimate of drug-likeness (QED) is 0.147. The van der Waals surface area contributed by atoms with E-state index in [4.69, 9.17) is 4.99 Å². The van der Waals surface area contributed by atoms with E-state index < -0.39 is 0 Å². The minimum absolute atomic E-state index is 0.287. The number of nitrogens with zero attached hydrogens (tertiary/aromatic N) is 3. The molecule has 0 N–H and O–H groups in total. The minimum Gasteiger partial charge on any atom is -0.295 e. The summed E-state index contributed by atoms with van der Waals surface area (Å²) in [6, 6.07) is 13.1. The van der Waals surface area contributed by atoms with Gasteiger partial charge in [0.25, 0.3) is 0 Å².